The third-order valence-corrected chi connectivity index (χ3v) is 4.06. The molecule has 1 saturated heterocycles. The number of nitrogens with one attached hydrogen (secondary N) is 1. The van der Waals surface area contributed by atoms with Gasteiger partial charge in [0, 0.05) is 26.2 Å². The lowest BCUT2D eigenvalue weighted by atomic mass is 9.98. The van der Waals surface area contributed by atoms with Crippen molar-refractivity contribution in [3.8, 4) is 0 Å². The molecule has 1 atom stereocenters. The molecule has 0 saturated carbocycles. The molecule has 4 nitrogen and oxygen atoms in total. The monoisotopic (exact) mass is 366 g/mol. The van der Waals surface area contributed by atoms with Crippen molar-refractivity contribution in [1.29, 1.82) is 0 Å². The average Bonchev–Trinajstić information content (AvgIpc) is 2.73. The van der Waals surface area contributed by atoms with E-state index in [4.69, 9.17) is 0 Å². The predicted octanol–water partition coefficient (Wildman–Crippen LogP) is 1.62. The Morgan fingerprint density at radius 1 is 1.33 bits per heavy atom. The van der Waals surface area contributed by atoms with E-state index >= 15 is 0 Å². The van der Waals surface area contributed by atoms with E-state index in [1.165, 1.54) is 25.9 Å². The van der Waals surface area contributed by atoms with Gasteiger partial charge in [-0.25, -0.2) is 0 Å². The molecule has 1 fully saturated rings. The van der Waals surface area contributed by atoms with Crippen molar-refractivity contribution in [2.24, 2.45) is 10.9 Å². The second kappa shape index (κ2) is 7.53. The summed E-state index contributed by atoms with van der Waals surface area (Å²) in [5, 5.41) is 3.47. The van der Waals surface area contributed by atoms with Gasteiger partial charge in [0.15, 0.2) is 5.96 Å². The van der Waals surface area contributed by atoms with E-state index in [9.17, 15) is 0 Å². The van der Waals surface area contributed by atoms with Crippen molar-refractivity contribution in [3.63, 3.8) is 0 Å². The molecule has 0 radical (unpaired) electrons. The van der Waals surface area contributed by atoms with Crippen LogP contribution < -0.4 is 5.32 Å². The molecule has 1 N–H and O–H groups in total. The van der Waals surface area contributed by atoms with Crippen LogP contribution in [0.4, 0.5) is 0 Å². The summed E-state index contributed by atoms with van der Waals surface area (Å²) in [4.78, 5) is 9.26. The molecule has 0 aromatic carbocycles. The highest BCUT2D eigenvalue weighted by Gasteiger charge is 2.21. The number of likely N-dealkylation sites (N-methyl/N-ethyl adjacent to an activating group) is 1. The maximum Gasteiger partial charge on any atom is 0.193 e. The first-order valence-corrected chi connectivity index (χ1v) is 6.90. The average molecular weight is 366 g/mol. The Morgan fingerprint density at radius 3 is 2.56 bits per heavy atom. The third kappa shape index (κ3) is 4.26. The van der Waals surface area contributed by atoms with Gasteiger partial charge in [0.2, 0.25) is 0 Å². The summed E-state index contributed by atoms with van der Waals surface area (Å²) in [7, 11) is 2.10. The number of halogens is 1. The Bertz CT molecular complexity index is 274. The largest absolute Gasteiger partial charge is 0.355 e. The van der Waals surface area contributed by atoms with Gasteiger partial charge in [-0.3, -0.25) is 9.89 Å². The molecule has 106 valence electrons. The van der Waals surface area contributed by atoms with Gasteiger partial charge in [0.1, 0.15) is 0 Å². The molecule has 18 heavy (non-hydrogen) atoms. The van der Waals surface area contributed by atoms with Gasteiger partial charge in [0.05, 0.1) is 6.54 Å². The Labute approximate surface area is 128 Å². The Balaban J connectivity index is 0.00000162. The molecule has 0 aromatic heterocycles. The number of guanidine groups is 1. The Hall–Kier alpha value is -0.0400. The number of nitrogens with zero attached hydrogens (tertiary/aromatic N) is 3. The normalized spacial score (nSPS) is 23.5. The molecule has 0 aliphatic carbocycles. The van der Waals surface area contributed by atoms with Crippen LogP contribution in [0.1, 0.15) is 26.7 Å². The second-order valence-electron chi connectivity index (χ2n) is 5.58. The number of piperidine rings is 1. The number of likely N-dealkylation sites (tertiary alicyclic amines) is 1. The SMILES string of the molecule is CC1CCN(C(C)CNC2=NCCN2C)CC1.I. The van der Waals surface area contributed by atoms with Gasteiger partial charge in [-0.1, -0.05) is 6.92 Å². The van der Waals surface area contributed by atoms with Gasteiger partial charge >= 0.3 is 0 Å². The molecule has 2 rings (SSSR count). The highest BCUT2D eigenvalue weighted by Crippen LogP contribution is 2.17. The van der Waals surface area contributed by atoms with Crippen LogP contribution in [0.15, 0.2) is 4.99 Å². The first-order valence-electron chi connectivity index (χ1n) is 6.90. The first kappa shape index (κ1) is 16.0. The van der Waals surface area contributed by atoms with E-state index in [2.05, 4.69) is 41.0 Å². The van der Waals surface area contributed by atoms with Crippen LogP contribution in [0.3, 0.4) is 0 Å². The standard InChI is InChI=1S/C13H26N4.HI/c1-11-4-7-17(8-5-11)12(2)10-15-13-14-6-9-16(13)3;/h11-12H,4-10H2,1-3H3,(H,14,15);1H. The topological polar surface area (TPSA) is 30.9 Å². The molecule has 2 heterocycles. The summed E-state index contributed by atoms with van der Waals surface area (Å²) in [5.41, 5.74) is 0. The second-order valence-corrected chi connectivity index (χ2v) is 5.58. The Kier molecular flexibility index (Phi) is 6.70. The third-order valence-electron chi connectivity index (χ3n) is 4.06. The van der Waals surface area contributed by atoms with Crippen LogP contribution in [0.2, 0.25) is 0 Å². The zero-order chi connectivity index (χ0) is 12.3. The van der Waals surface area contributed by atoms with E-state index in [0.717, 1.165) is 31.5 Å². The number of aliphatic imine (C=N–C) groups is 1. The quantitative estimate of drug-likeness (QED) is 0.771. The summed E-state index contributed by atoms with van der Waals surface area (Å²) in [6.45, 7) is 10.2. The van der Waals surface area contributed by atoms with E-state index in [-0.39, 0.29) is 24.0 Å². The van der Waals surface area contributed by atoms with Crippen LogP contribution in [0.25, 0.3) is 0 Å². The van der Waals surface area contributed by atoms with Gasteiger partial charge in [-0.2, -0.15) is 0 Å². The molecule has 0 aromatic rings. The number of hydrogen-bond acceptors (Lipinski definition) is 4. The van der Waals surface area contributed by atoms with Crippen LogP contribution in [-0.4, -0.2) is 61.6 Å². The zero-order valence-corrected chi connectivity index (χ0v) is 14.2. The molecule has 1 unspecified atom stereocenters. The fourth-order valence-electron chi connectivity index (χ4n) is 2.56. The minimum atomic E-state index is 0. The summed E-state index contributed by atoms with van der Waals surface area (Å²) in [5.74, 6) is 1.99. The lowest BCUT2D eigenvalue weighted by Gasteiger charge is -2.35. The zero-order valence-electron chi connectivity index (χ0n) is 11.9. The van der Waals surface area contributed by atoms with Crippen molar-refractivity contribution in [1.82, 2.24) is 15.1 Å². The van der Waals surface area contributed by atoms with Crippen LogP contribution >= 0.6 is 24.0 Å². The lowest BCUT2D eigenvalue weighted by molar-refractivity contribution is 0.147. The van der Waals surface area contributed by atoms with Crippen molar-refractivity contribution >= 4 is 29.9 Å². The van der Waals surface area contributed by atoms with Crippen LogP contribution in [-0.2, 0) is 0 Å². The van der Waals surface area contributed by atoms with Crippen molar-refractivity contribution in [3.05, 3.63) is 0 Å². The molecule has 2 aliphatic heterocycles. The molecule has 5 heteroatoms. The maximum atomic E-state index is 4.46. The van der Waals surface area contributed by atoms with Crippen molar-refractivity contribution in [2.75, 3.05) is 39.8 Å². The molecule has 0 bridgehead atoms. The van der Waals surface area contributed by atoms with Crippen LogP contribution in [0.5, 0.6) is 0 Å². The van der Waals surface area contributed by atoms with Gasteiger partial charge < -0.3 is 10.2 Å². The van der Waals surface area contributed by atoms with E-state index in [1.807, 2.05) is 0 Å². The highest BCUT2D eigenvalue weighted by molar-refractivity contribution is 14.0. The van der Waals surface area contributed by atoms with E-state index in [0.29, 0.717) is 6.04 Å². The molecule has 2 aliphatic rings. The Morgan fingerprint density at radius 2 is 2.00 bits per heavy atom. The first-order chi connectivity index (χ1) is 8.16. The van der Waals surface area contributed by atoms with E-state index in [1.54, 1.807) is 0 Å². The summed E-state index contributed by atoms with van der Waals surface area (Å²) >= 11 is 0. The lowest BCUT2D eigenvalue weighted by Crippen LogP contribution is -2.47. The highest BCUT2D eigenvalue weighted by atomic mass is 127. The molecule has 0 spiro atoms. The predicted molar refractivity (Wildman–Crippen MR) is 87.8 cm³/mol. The van der Waals surface area contributed by atoms with Crippen LogP contribution in [0, 0.1) is 5.92 Å². The van der Waals surface area contributed by atoms with Crippen molar-refractivity contribution in [2.45, 2.75) is 32.7 Å². The summed E-state index contributed by atoms with van der Waals surface area (Å²) < 4.78 is 0. The molecular formula is C13H27IN4. The summed E-state index contributed by atoms with van der Waals surface area (Å²) in [6, 6.07) is 0.610. The maximum absolute atomic E-state index is 4.46. The fraction of sp³-hybridized carbons (Fsp3) is 0.923. The minimum absolute atomic E-state index is 0. The van der Waals surface area contributed by atoms with Gasteiger partial charge in [0.25, 0.3) is 0 Å². The fourth-order valence-corrected chi connectivity index (χ4v) is 2.56. The molecular weight excluding hydrogens is 339 g/mol. The van der Waals surface area contributed by atoms with E-state index < -0.39 is 0 Å². The van der Waals surface area contributed by atoms with Gasteiger partial charge in [-0.05, 0) is 38.8 Å². The summed E-state index contributed by atoms with van der Waals surface area (Å²) in [6.07, 6.45) is 2.70. The minimum Gasteiger partial charge on any atom is -0.355 e. The number of hydrogen-bond donors (Lipinski definition) is 1. The smallest absolute Gasteiger partial charge is 0.193 e. The molecule has 0 amide bonds. The van der Waals surface area contributed by atoms with Gasteiger partial charge in [-0.15, -0.1) is 24.0 Å². The van der Waals surface area contributed by atoms with Crippen molar-refractivity contribution < 1.29 is 0 Å². The number of rotatable bonds is 3.